The lowest BCUT2D eigenvalue weighted by Gasteiger charge is -2.36. The van der Waals surface area contributed by atoms with Crippen LogP contribution in [0.2, 0.25) is 0 Å². The zero-order valence-electron chi connectivity index (χ0n) is 17.9. The number of aromatic nitrogens is 3. The fraction of sp³-hybridized carbons (Fsp3) is 0.391. The van der Waals surface area contributed by atoms with Crippen LogP contribution in [0.15, 0.2) is 48.5 Å². The van der Waals surface area contributed by atoms with Crippen LogP contribution in [0.1, 0.15) is 18.3 Å². The van der Waals surface area contributed by atoms with Crippen LogP contribution in [0.25, 0.3) is 5.69 Å². The van der Waals surface area contributed by atoms with Gasteiger partial charge in [-0.2, -0.15) is 5.10 Å². The Morgan fingerprint density at radius 3 is 2.37 bits per heavy atom. The van der Waals surface area contributed by atoms with Gasteiger partial charge in [-0.05, 0) is 57.3 Å². The van der Waals surface area contributed by atoms with Gasteiger partial charge in [0, 0.05) is 31.9 Å². The van der Waals surface area contributed by atoms with Crippen molar-refractivity contribution in [3.05, 3.63) is 64.7 Å². The standard InChI is InChI=1S/C23H29N5OS/c1-4-29-22-8-6-5-7-21(22)26-15-13-25(14-16-26)17-27-23(30)28(19(3)24-27)20-11-9-18(2)10-12-20/h5-12H,4,13-17H2,1-3H3. The number of hydrogen-bond acceptors (Lipinski definition) is 5. The number of benzene rings is 2. The van der Waals surface area contributed by atoms with Crippen LogP contribution in [0.4, 0.5) is 5.69 Å². The Bertz CT molecular complexity index is 1050. The Hall–Kier alpha value is -2.64. The highest BCUT2D eigenvalue weighted by atomic mass is 32.1. The van der Waals surface area contributed by atoms with Crippen molar-refractivity contribution >= 4 is 17.9 Å². The van der Waals surface area contributed by atoms with Crippen LogP contribution in [0, 0.1) is 18.6 Å². The molecule has 1 aliphatic rings. The number of anilines is 1. The van der Waals surface area contributed by atoms with Gasteiger partial charge in [0.15, 0.2) is 0 Å². The first-order chi connectivity index (χ1) is 14.6. The fourth-order valence-corrected chi connectivity index (χ4v) is 4.25. The van der Waals surface area contributed by atoms with E-state index in [9.17, 15) is 0 Å². The molecule has 1 aromatic heterocycles. The van der Waals surface area contributed by atoms with Crippen molar-refractivity contribution in [2.24, 2.45) is 0 Å². The molecular formula is C23H29N5OS. The second kappa shape index (κ2) is 9.02. The first-order valence-corrected chi connectivity index (χ1v) is 10.9. The van der Waals surface area contributed by atoms with Gasteiger partial charge >= 0.3 is 0 Å². The minimum Gasteiger partial charge on any atom is -0.492 e. The molecule has 2 aromatic carbocycles. The van der Waals surface area contributed by atoms with Crippen LogP contribution in [0.3, 0.4) is 0 Å². The molecule has 4 rings (SSSR count). The average molecular weight is 424 g/mol. The first kappa shape index (κ1) is 20.6. The lowest BCUT2D eigenvalue weighted by molar-refractivity contribution is 0.193. The maximum Gasteiger partial charge on any atom is 0.203 e. The smallest absolute Gasteiger partial charge is 0.203 e. The largest absolute Gasteiger partial charge is 0.492 e. The number of aryl methyl sites for hydroxylation is 2. The fourth-order valence-electron chi connectivity index (χ4n) is 3.91. The molecule has 6 nitrogen and oxygen atoms in total. The SMILES string of the molecule is CCOc1ccccc1N1CCN(Cn2nc(C)n(-c3ccc(C)cc3)c2=S)CC1. The molecule has 158 valence electrons. The van der Waals surface area contributed by atoms with E-state index in [0.29, 0.717) is 13.3 Å². The molecule has 0 unspecified atom stereocenters. The van der Waals surface area contributed by atoms with Crippen molar-refractivity contribution in [3.63, 3.8) is 0 Å². The van der Waals surface area contributed by atoms with Gasteiger partial charge in [-0.1, -0.05) is 29.8 Å². The van der Waals surface area contributed by atoms with E-state index in [1.54, 1.807) is 0 Å². The van der Waals surface area contributed by atoms with Gasteiger partial charge in [0.2, 0.25) is 4.77 Å². The molecule has 0 bridgehead atoms. The van der Waals surface area contributed by atoms with Gasteiger partial charge in [-0.15, -0.1) is 0 Å². The van der Waals surface area contributed by atoms with E-state index in [-0.39, 0.29) is 0 Å². The third-order valence-electron chi connectivity index (χ3n) is 5.51. The predicted molar refractivity (Wildman–Crippen MR) is 123 cm³/mol. The highest BCUT2D eigenvalue weighted by molar-refractivity contribution is 7.71. The number of rotatable bonds is 6. The zero-order chi connectivity index (χ0) is 21.1. The molecule has 2 heterocycles. The van der Waals surface area contributed by atoms with E-state index in [4.69, 9.17) is 22.1 Å². The minimum atomic E-state index is 0.679. The lowest BCUT2D eigenvalue weighted by atomic mass is 10.2. The van der Waals surface area contributed by atoms with Gasteiger partial charge in [-0.3, -0.25) is 9.47 Å². The van der Waals surface area contributed by atoms with Crippen LogP contribution in [0.5, 0.6) is 5.75 Å². The highest BCUT2D eigenvalue weighted by Gasteiger charge is 2.21. The second-order valence-corrected chi connectivity index (χ2v) is 8.01. The van der Waals surface area contributed by atoms with Gasteiger partial charge in [-0.25, -0.2) is 4.68 Å². The molecule has 0 radical (unpaired) electrons. The Balaban J connectivity index is 1.44. The number of piperazine rings is 1. The molecule has 0 N–H and O–H groups in total. The molecule has 0 aliphatic carbocycles. The first-order valence-electron chi connectivity index (χ1n) is 10.5. The van der Waals surface area contributed by atoms with Crippen LogP contribution in [-0.2, 0) is 6.67 Å². The predicted octanol–water partition coefficient (Wildman–Crippen LogP) is 4.20. The Morgan fingerprint density at radius 1 is 0.967 bits per heavy atom. The summed E-state index contributed by atoms with van der Waals surface area (Å²) in [5, 5.41) is 4.72. The third kappa shape index (κ3) is 4.27. The lowest BCUT2D eigenvalue weighted by Crippen LogP contribution is -2.47. The summed E-state index contributed by atoms with van der Waals surface area (Å²) in [5.74, 6) is 1.87. The van der Waals surface area contributed by atoms with Crippen molar-refractivity contribution in [1.29, 1.82) is 0 Å². The summed E-state index contributed by atoms with van der Waals surface area (Å²) in [5.41, 5.74) is 3.47. The summed E-state index contributed by atoms with van der Waals surface area (Å²) >= 11 is 5.75. The zero-order valence-corrected chi connectivity index (χ0v) is 18.7. The van der Waals surface area contributed by atoms with Crippen molar-refractivity contribution in [2.75, 3.05) is 37.7 Å². The monoisotopic (exact) mass is 423 g/mol. The second-order valence-electron chi connectivity index (χ2n) is 7.65. The molecule has 0 spiro atoms. The van der Waals surface area contributed by atoms with Crippen molar-refractivity contribution in [3.8, 4) is 11.4 Å². The minimum absolute atomic E-state index is 0.679. The number of ether oxygens (including phenoxy) is 1. The topological polar surface area (TPSA) is 38.5 Å². The Labute approximate surface area is 183 Å². The Kier molecular flexibility index (Phi) is 6.20. The van der Waals surface area contributed by atoms with E-state index >= 15 is 0 Å². The van der Waals surface area contributed by atoms with Gasteiger partial charge in [0.25, 0.3) is 0 Å². The average Bonchev–Trinajstić information content (AvgIpc) is 3.03. The quantitative estimate of drug-likeness (QED) is 0.556. The highest BCUT2D eigenvalue weighted by Crippen LogP contribution is 2.28. The molecule has 0 amide bonds. The van der Waals surface area contributed by atoms with Gasteiger partial charge < -0.3 is 9.64 Å². The van der Waals surface area contributed by atoms with E-state index in [2.05, 4.69) is 53.1 Å². The number of para-hydroxylation sites is 2. The molecule has 1 aliphatic heterocycles. The molecule has 1 fully saturated rings. The van der Waals surface area contributed by atoms with Crippen molar-refractivity contribution in [1.82, 2.24) is 19.2 Å². The summed E-state index contributed by atoms with van der Waals surface area (Å²) in [6.07, 6.45) is 0. The van der Waals surface area contributed by atoms with E-state index in [0.717, 1.165) is 48.2 Å². The van der Waals surface area contributed by atoms with Crippen LogP contribution >= 0.6 is 12.2 Å². The Morgan fingerprint density at radius 2 is 1.67 bits per heavy atom. The molecule has 7 heteroatoms. The summed E-state index contributed by atoms with van der Waals surface area (Å²) < 4.78 is 10.5. The summed E-state index contributed by atoms with van der Waals surface area (Å²) in [7, 11) is 0. The molecule has 30 heavy (non-hydrogen) atoms. The summed E-state index contributed by atoms with van der Waals surface area (Å²) in [6.45, 7) is 11.3. The number of nitrogens with zero attached hydrogens (tertiary/aromatic N) is 5. The maximum atomic E-state index is 5.81. The molecule has 0 atom stereocenters. The van der Waals surface area contributed by atoms with Gasteiger partial charge in [0.05, 0.1) is 19.0 Å². The normalized spacial score (nSPS) is 14.8. The van der Waals surface area contributed by atoms with Crippen molar-refractivity contribution < 1.29 is 4.74 Å². The molecule has 3 aromatic rings. The molecule has 0 saturated carbocycles. The van der Waals surface area contributed by atoms with E-state index in [1.807, 2.05) is 35.2 Å². The van der Waals surface area contributed by atoms with E-state index in [1.165, 1.54) is 11.3 Å². The van der Waals surface area contributed by atoms with Gasteiger partial charge in [0.1, 0.15) is 11.6 Å². The summed E-state index contributed by atoms with van der Waals surface area (Å²) in [4.78, 5) is 4.80. The third-order valence-corrected chi connectivity index (χ3v) is 5.90. The number of hydrogen-bond donors (Lipinski definition) is 0. The van der Waals surface area contributed by atoms with Crippen LogP contribution < -0.4 is 9.64 Å². The summed E-state index contributed by atoms with van der Waals surface area (Å²) in [6, 6.07) is 16.7. The molecular weight excluding hydrogens is 394 g/mol. The molecule has 1 saturated heterocycles. The maximum absolute atomic E-state index is 5.81. The van der Waals surface area contributed by atoms with Crippen molar-refractivity contribution in [2.45, 2.75) is 27.4 Å². The van der Waals surface area contributed by atoms with Crippen LogP contribution in [-0.4, -0.2) is 52.0 Å². The van der Waals surface area contributed by atoms with E-state index < -0.39 is 0 Å².